The van der Waals surface area contributed by atoms with Crippen molar-refractivity contribution < 1.29 is 9.13 Å². The number of hydrogen-bond acceptors (Lipinski definition) is 3. The van der Waals surface area contributed by atoms with Crippen molar-refractivity contribution in [3.8, 4) is 5.75 Å². The van der Waals surface area contributed by atoms with Gasteiger partial charge < -0.3 is 10.1 Å². The van der Waals surface area contributed by atoms with Crippen molar-refractivity contribution in [2.24, 2.45) is 0 Å². The van der Waals surface area contributed by atoms with Crippen molar-refractivity contribution in [1.29, 1.82) is 0 Å². The molecule has 106 valence electrons. The Morgan fingerprint density at radius 1 is 1.30 bits per heavy atom. The van der Waals surface area contributed by atoms with Gasteiger partial charge in [-0.3, -0.25) is 0 Å². The van der Waals surface area contributed by atoms with E-state index in [1.807, 2.05) is 18.2 Å². The van der Waals surface area contributed by atoms with Crippen molar-refractivity contribution in [3.05, 3.63) is 52.9 Å². The predicted octanol–water partition coefficient (Wildman–Crippen LogP) is 4.28. The second kappa shape index (κ2) is 7.10. The van der Waals surface area contributed by atoms with Crippen molar-refractivity contribution in [3.63, 3.8) is 0 Å². The SMILES string of the molecule is CCCNc1cccc(COc2ccc(F)c(Cl)c2)n1. The molecule has 0 fully saturated rings. The summed E-state index contributed by atoms with van der Waals surface area (Å²) in [5.74, 6) is 0.887. The summed E-state index contributed by atoms with van der Waals surface area (Å²) in [4.78, 5) is 4.42. The molecule has 1 aromatic heterocycles. The standard InChI is InChI=1S/C15H16ClFN2O/c1-2-8-18-15-5-3-4-11(19-15)10-20-12-6-7-14(17)13(16)9-12/h3-7,9H,2,8,10H2,1H3,(H,18,19). The molecule has 0 amide bonds. The molecule has 5 heteroatoms. The molecule has 0 unspecified atom stereocenters. The molecule has 0 saturated carbocycles. The quantitative estimate of drug-likeness (QED) is 0.863. The summed E-state index contributed by atoms with van der Waals surface area (Å²) >= 11 is 5.70. The zero-order valence-electron chi connectivity index (χ0n) is 11.2. The lowest BCUT2D eigenvalue weighted by Crippen LogP contribution is -2.04. The topological polar surface area (TPSA) is 34.1 Å². The van der Waals surface area contributed by atoms with Crippen LogP contribution in [0.1, 0.15) is 19.0 Å². The van der Waals surface area contributed by atoms with Crippen LogP contribution in [0.5, 0.6) is 5.75 Å². The molecule has 3 nitrogen and oxygen atoms in total. The first-order valence-corrected chi connectivity index (χ1v) is 6.84. The minimum Gasteiger partial charge on any atom is -0.487 e. The highest BCUT2D eigenvalue weighted by Gasteiger charge is 2.03. The maximum absolute atomic E-state index is 13.0. The lowest BCUT2D eigenvalue weighted by Gasteiger charge is -2.08. The van der Waals surface area contributed by atoms with Gasteiger partial charge in [0.2, 0.25) is 0 Å². The van der Waals surface area contributed by atoms with Crippen LogP contribution in [0.3, 0.4) is 0 Å². The number of hydrogen-bond donors (Lipinski definition) is 1. The molecule has 2 aromatic rings. The summed E-state index contributed by atoms with van der Waals surface area (Å²) in [5, 5.41) is 3.26. The molecule has 2 rings (SSSR count). The molecule has 1 N–H and O–H groups in total. The number of ether oxygens (including phenoxy) is 1. The first-order valence-electron chi connectivity index (χ1n) is 6.46. The zero-order chi connectivity index (χ0) is 14.4. The normalized spacial score (nSPS) is 10.3. The van der Waals surface area contributed by atoms with Crippen LogP contribution in [0.2, 0.25) is 5.02 Å². The van der Waals surface area contributed by atoms with E-state index in [2.05, 4.69) is 17.2 Å². The van der Waals surface area contributed by atoms with E-state index in [1.54, 1.807) is 6.07 Å². The molecule has 1 heterocycles. The summed E-state index contributed by atoms with van der Waals surface area (Å²) in [6, 6.07) is 9.98. The van der Waals surface area contributed by atoms with Crippen LogP contribution in [0.15, 0.2) is 36.4 Å². The third-order valence-electron chi connectivity index (χ3n) is 2.64. The molecule has 0 saturated heterocycles. The maximum atomic E-state index is 13.0. The van der Waals surface area contributed by atoms with Crippen LogP contribution in [-0.2, 0) is 6.61 Å². The summed E-state index contributed by atoms with van der Waals surface area (Å²) in [7, 11) is 0. The molecule has 0 aliphatic carbocycles. The summed E-state index contributed by atoms with van der Waals surface area (Å²) < 4.78 is 18.6. The monoisotopic (exact) mass is 294 g/mol. The fraction of sp³-hybridized carbons (Fsp3) is 0.267. The van der Waals surface area contributed by atoms with Gasteiger partial charge in [0.1, 0.15) is 24.0 Å². The lowest BCUT2D eigenvalue weighted by atomic mass is 10.3. The highest BCUT2D eigenvalue weighted by molar-refractivity contribution is 6.30. The molecule has 0 aliphatic heterocycles. The Labute approximate surface area is 122 Å². The van der Waals surface area contributed by atoms with Gasteiger partial charge in [-0.15, -0.1) is 0 Å². The lowest BCUT2D eigenvalue weighted by molar-refractivity contribution is 0.301. The van der Waals surface area contributed by atoms with E-state index in [1.165, 1.54) is 12.1 Å². The van der Waals surface area contributed by atoms with Gasteiger partial charge in [-0.1, -0.05) is 24.6 Å². The minimum absolute atomic E-state index is 0.0498. The smallest absolute Gasteiger partial charge is 0.142 e. The highest BCUT2D eigenvalue weighted by atomic mass is 35.5. The van der Waals surface area contributed by atoms with E-state index in [4.69, 9.17) is 16.3 Å². The number of nitrogens with zero attached hydrogens (tertiary/aromatic N) is 1. The van der Waals surface area contributed by atoms with Gasteiger partial charge in [-0.05, 0) is 30.7 Å². The van der Waals surface area contributed by atoms with Gasteiger partial charge >= 0.3 is 0 Å². The van der Waals surface area contributed by atoms with Crippen LogP contribution < -0.4 is 10.1 Å². The molecule has 20 heavy (non-hydrogen) atoms. The van der Waals surface area contributed by atoms with E-state index in [-0.39, 0.29) is 5.02 Å². The number of anilines is 1. The predicted molar refractivity (Wildman–Crippen MR) is 78.8 cm³/mol. The van der Waals surface area contributed by atoms with Crippen molar-refractivity contribution in [2.75, 3.05) is 11.9 Å². The number of aromatic nitrogens is 1. The van der Waals surface area contributed by atoms with Gasteiger partial charge in [-0.25, -0.2) is 9.37 Å². The van der Waals surface area contributed by atoms with Crippen LogP contribution in [-0.4, -0.2) is 11.5 Å². The molecule has 0 spiro atoms. The van der Waals surface area contributed by atoms with Crippen LogP contribution in [0.25, 0.3) is 0 Å². The Balaban J connectivity index is 1.97. The number of nitrogens with one attached hydrogen (secondary N) is 1. The van der Waals surface area contributed by atoms with E-state index >= 15 is 0 Å². The Hall–Kier alpha value is -1.81. The number of pyridine rings is 1. The highest BCUT2D eigenvalue weighted by Crippen LogP contribution is 2.21. The fourth-order valence-electron chi connectivity index (χ4n) is 1.64. The molecule has 0 atom stereocenters. The first-order chi connectivity index (χ1) is 9.69. The first kappa shape index (κ1) is 14.6. The zero-order valence-corrected chi connectivity index (χ0v) is 12.0. The van der Waals surface area contributed by atoms with Gasteiger partial charge in [0, 0.05) is 12.6 Å². The van der Waals surface area contributed by atoms with Crippen LogP contribution in [0, 0.1) is 5.82 Å². The van der Waals surface area contributed by atoms with E-state index in [9.17, 15) is 4.39 Å². The van der Waals surface area contributed by atoms with E-state index < -0.39 is 5.82 Å². The average molecular weight is 295 g/mol. The number of benzene rings is 1. The largest absolute Gasteiger partial charge is 0.487 e. The summed E-state index contributed by atoms with van der Waals surface area (Å²) in [6.45, 7) is 3.28. The third kappa shape index (κ3) is 4.10. The molecule has 1 aromatic carbocycles. The molecular weight excluding hydrogens is 279 g/mol. The second-order valence-electron chi connectivity index (χ2n) is 4.31. The molecule has 0 bridgehead atoms. The van der Waals surface area contributed by atoms with Crippen LogP contribution >= 0.6 is 11.6 Å². The number of rotatable bonds is 6. The minimum atomic E-state index is -0.456. The number of halogens is 2. The Morgan fingerprint density at radius 3 is 2.90 bits per heavy atom. The van der Waals surface area contributed by atoms with Gasteiger partial charge in [0.25, 0.3) is 0 Å². The van der Waals surface area contributed by atoms with Crippen LogP contribution in [0.4, 0.5) is 10.2 Å². The Morgan fingerprint density at radius 2 is 2.15 bits per heavy atom. The van der Waals surface area contributed by atoms with E-state index in [0.29, 0.717) is 12.4 Å². The fourth-order valence-corrected chi connectivity index (χ4v) is 1.81. The molecular formula is C15H16ClFN2O. The van der Waals surface area contributed by atoms with Gasteiger partial charge in [0.05, 0.1) is 10.7 Å². The van der Waals surface area contributed by atoms with Crippen molar-refractivity contribution >= 4 is 17.4 Å². The second-order valence-corrected chi connectivity index (χ2v) is 4.71. The van der Waals surface area contributed by atoms with Gasteiger partial charge in [0.15, 0.2) is 0 Å². The summed E-state index contributed by atoms with van der Waals surface area (Å²) in [5.41, 5.74) is 0.798. The maximum Gasteiger partial charge on any atom is 0.142 e. The summed E-state index contributed by atoms with van der Waals surface area (Å²) in [6.07, 6.45) is 1.04. The van der Waals surface area contributed by atoms with E-state index in [0.717, 1.165) is 24.5 Å². The van der Waals surface area contributed by atoms with Crippen molar-refractivity contribution in [2.45, 2.75) is 20.0 Å². The molecule has 0 radical (unpaired) electrons. The van der Waals surface area contributed by atoms with Gasteiger partial charge in [-0.2, -0.15) is 0 Å². The van der Waals surface area contributed by atoms with Crippen molar-refractivity contribution in [1.82, 2.24) is 4.98 Å². The molecule has 0 aliphatic rings. The Bertz CT molecular complexity index is 578. The Kier molecular flexibility index (Phi) is 5.18. The average Bonchev–Trinajstić information content (AvgIpc) is 2.47. The third-order valence-corrected chi connectivity index (χ3v) is 2.93.